The van der Waals surface area contributed by atoms with E-state index in [-0.39, 0.29) is 30.3 Å². The highest BCUT2D eigenvalue weighted by atomic mass is 35.5. The molecule has 0 aromatic heterocycles. The van der Waals surface area contributed by atoms with Crippen LogP contribution in [-0.2, 0) is 16.0 Å². The fraction of sp³-hybridized carbons (Fsp3) is 0.636. The van der Waals surface area contributed by atoms with Gasteiger partial charge in [0.2, 0.25) is 5.91 Å². The Morgan fingerprint density at radius 3 is 2.10 bits per heavy atom. The summed E-state index contributed by atoms with van der Waals surface area (Å²) in [5.41, 5.74) is 7.17. The van der Waals surface area contributed by atoms with Crippen molar-refractivity contribution in [1.29, 1.82) is 0 Å². The molecule has 29 heavy (non-hydrogen) atoms. The number of nitrogens with two attached hydrogens (primary N) is 1. The van der Waals surface area contributed by atoms with Gasteiger partial charge in [0.05, 0.1) is 6.10 Å². The lowest BCUT2D eigenvalue weighted by atomic mass is 9.54. The number of nitrogens with zero attached hydrogens (tertiary/aromatic N) is 2. The van der Waals surface area contributed by atoms with Crippen LogP contribution >= 0.6 is 12.4 Å². The largest absolute Gasteiger partial charge is 0.378 e. The number of ether oxygens (including phenoxy) is 1. The van der Waals surface area contributed by atoms with E-state index in [1.807, 2.05) is 54.8 Å². The summed E-state index contributed by atoms with van der Waals surface area (Å²) < 4.78 is 5.74. The van der Waals surface area contributed by atoms with Gasteiger partial charge >= 0.3 is 0 Å². The van der Waals surface area contributed by atoms with Crippen molar-refractivity contribution >= 4 is 24.2 Å². The van der Waals surface area contributed by atoms with Gasteiger partial charge in [-0.2, -0.15) is 0 Å². The topological polar surface area (TPSA) is 75.9 Å². The summed E-state index contributed by atoms with van der Waals surface area (Å²) in [5.74, 6) is 0.00504. The van der Waals surface area contributed by atoms with E-state index in [1.54, 1.807) is 0 Å². The van der Waals surface area contributed by atoms with E-state index in [9.17, 15) is 9.59 Å². The van der Waals surface area contributed by atoms with Crippen LogP contribution in [0.4, 0.5) is 0 Å². The van der Waals surface area contributed by atoms with Crippen LogP contribution in [0.1, 0.15) is 50.0 Å². The van der Waals surface area contributed by atoms with E-state index in [0.29, 0.717) is 44.8 Å². The van der Waals surface area contributed by atoms with E-state index < -0.39 is 11.0 Å². The molecule has 1 aromatic rings. The number of carbonyl (C=O) groups is 2. The highest BCUT2D eigenvalue weighted by Crippen LogP contribution is 2.50. The van der Waals surface area contributed by atoms with Crippen molar-refractivity contribution in [2.45, 2.75) is 52.2 Å². The van der Waals surface area contributed by atoms with Crippen LogP contribution in [0.15, 0.2) is 24.3 Å². The number of piperazine rings is 1. The maximum absolute atomic E-state index is 13.1. The van der Waals surface area contributed by atoms with E-state index in [4.69, 9.17) is 10.5 Å². The first-order valence-corrected chi connectivity index (χ1v) is 10.3. The summed E-state index contributed by atoms with van der Waals surface area (Å²) in [4.78, 5) is 29.5. The second-order valence-corrected chi connectivity index (χ2v) is 8.48. The Kier molecular flexibility index (Phi) is 7.36. The predicted octanol–water partition coefficient (Wildman–Crippen LogP) is 2.49. The zero-order valence-corrected chi connectivity index (χ0v) is 18.8. The zero-order chi connectivity index (χ0) is 20.5. The monoisotopic (exact) mass is 423 g/mol. The molecule has 3 rings (SSSR count). The number of rotatable bonds is 5. The molecule has 1 aliphatic carbocycles. The molecule has 6 nitrogen and oxygen atoms in total. The fourth-order valence-corrected chi connectivity index (χ4v) is 4.26. The van der Waals surface area contributed by atoms with Crippen LogP contribution in [-0.4, -0.2) is 66.0 Å². The molecule has 1 heterocycles. The van der Waals surface area contributed by atoms with E-state index in [2.05, 4.69) is 6.92 Å². The van der Waals surface area contributed by atoms with Crippen molar-refractivity contribution in [3.63, 3.8) is 0 Å². The van der Waals surface area contributed by atoms with Crippen molar-refractivity contribution in [3.8, 4) is 0 Å². The zero-order valence-electron chi connectivity index (χ0n) is 17.9. The first kappa shape index (κ1) is 23.6. The molecule has 2 unspecified atom stereocenters. The minimum atomic E-state index is -0.894. The molecule has 1 aliphatic heterocycles. The third-order valence-corrected chi connectivity index (χ3v) is 6.67. The normalized spacial score (nSPS) is 25.8. The van der Waals surface area contributed by atoms with E-state index in [1.165, 1.54) is 5.56 Å². The average Bonchev–Trinajstić information content (AvgIpc) is 2.72. The molecule has 162 valence electrons. The number of hydrogen-bond donors (Lipinski definition) is 1. The van der Waals surface area contributed by atoms with E-state index in [0.717, 1.165) is 6.42 Å². The molecule has 1 aromatic carbocycles. The minimum absolute atomic E-state index is 0. The fourth-order valence-electron chi connectivity index (χ4n) is 4.26. The Morgan fingerprint density at radius 1 is 1.07 bits per heavy atom. The molecule has 2 amide bonds. The van der Waals surface area contributed by atoms with Crippen molar-refractivity contribution in [3.05, 3.63) is 35.4 Å². The number of aryl methyl sites for hydroxylation is 1. The molecule has 2 N–H and O–H groups in total. The van der Waals surface area contributed by atoms with E-state index >= 15 is 0 Å². The third-order valence-electron chi connectivity index (χ3n) is 6.67. The van der Waals surface area contributed by atoms with Gasteiger partial charge in [-0.05, 0) is 31.0 Å². The lowest BCUT2D eigenvalue weighted by molar-refractivity contribution is -0.180. The molecule has 2 fully saturated rings. The molecule has 0 radical (unpaired) electrons. The molecule has 1 saturated heterocycles. The first-order chi connectivity index (χ1) is 13.2. The van der Waals surface area contributed by atoms with Gasteiger partial charge in [-0.3, -0.25) is 9.59 Å². The van der Waals surface area contributed by atoms with Gasteiger partial charge in [-0.25, -0.2) is 0 Å². The minimum Gasteiger partial charge on any atom is -0.378 e. The van der Waals surface area contributed by atoms with Gasteiger partial charge in [0.25, 0.3) is 5.91 Å². The highest BCUT2D eigenvalue weighted by molar-refractivity contribution is 5.94. The van der Waals surface area contributed by atoms with Gasteiger partial charge in [-0.1, -0.05) is 32.9 Å². The number of benzene rings is 1. The molecule has 0 bridgehead atoms. The predicted molar refractivity (Wildman–Crippen MR) is 116 cm³/mol. The highest BCUT2D eigenvalue weighted by Gasteiger charge is 2.63. The average molecular weight is 424 g/mol. The van der Waals surface area contributed by atoms with Gasteiger partial charge in [0.1, 0.15) is 5.54 Å². The quantitative estimate of drug-likeness (QED) is 0.789. The molecular weight excluding hydrogens is 390 g/mol. The SMILES string of the molecule is CCOC1CC(N)(C(=O)N2CCN(C(=O)c3ccc(CC)cc3)CC2)C1(C)C.Cl. The number of carbonyl (C=O) groups excluding carboxylic acids is 2. The number of amides is 2. The molecule has 1 saturated carbocycles. The summed E-state index contributed by atoms with van der Waals surface area (Å²) in [6, 6.07) is 7.77. The molecule has 2 atom stereocenters. The van der Waals surface area contributed by atoms with Crippen molar-refractivity contribution in [2.24, 2.45) is 11.1 Å². The number of halogens is 1. The summed E-state index contributed by atoms with van der Waals surface area (Å²) in [7, 11) is 0. The first-order valence-electron chi connectivity index (χ1n) is 10.3. The summed E-state index contributed by atoms with van der Waals surface area (Å²) >= 11 is 0. The molecule has 7 heteroatoms. The maximum atomic E-state index is 13.1. The van der Waals surface area contributed by atoms with Crippen LogP contribution in [0.5, 0.6) is 0 Å². The second-order valence-electron chi connectivity index (χ2n) is 8.48. The Labute approximate surface area is 180 Å². The van der Waals surface area contributed by atoms with Crippen LogP contribution in [0.3, 0.4) is 0 Å². The van der Waals surface area contributed by atoms with Gasteiger partial charge < -0.3 is 20.3 Å². The summed E-state index contributed by atoms with van der Waals surface area (Å²) in [5, 5.41) is 0. The third kappa shape index (κ3) is 4.16. The molecule has 0 spiro atoms. The Morgan fingerprint density at radius 2 is 1.62 bits per heavy atom. The van der Waals surface area contributed by atoms with Crippen LogP contribution in [0.25, 0.3) is 0 Å². The Balaban J connectivity index is 0.00000300. The van der Waals surface area contributed by atoms with Gasteiger partial charge in [0, 0.05) is 50.2 Å². The summed E-state index contributed by atoms with van der Waals surface area (Å²) in [6.45, 7) is 10.8. The van der Waals surface area contributed by atoms with Crippen molar-refractivity contribution in [2.75, 3.05) is 32.8 Å². The Hall–Kier alpha value is -1.63. The lowest BCUT2D eigenvalue weighted by Gasteiger charge is -2.59. The smallest absolute Gasteiger partial charge is 0.253 e. The summed E-state index contributed by atoms with van der Waals surface area (Å²) in [6.07, 6.45) is 1.52. The second kappa shape index (κ2) is 9.02. The van der Waals surface area contributed by atoms with Crippen molar-refractivity contribution < 1.29 is 14.3 Å². The van der Waals surface area contributed by atoms with Crippen LogP contribution in [0, 0.1) is 5.41 Å². The van der Waals surface area contributed by atoms with Crippen LogP contribution in [0.2, 0.25) is 0 Å². The van der Waals surface area contributed by atoms with Gasteiger partial charge in [0.15, 0.2) is 0 Å². The van der Waals surface area contributed by atoms with Crippen molar-refractivity contribution in [1.82, 2.24) is 9.80 Å². The number of hydrogen-bond acceptors (Lipinski definition) is 4. The van der Waals surface area contributed by atoms with Gasteiger partial charge in [-0.15, -0.1) is 12.4 Å². The Bertz CT molecular complexity index is 729. The molecular formula is C22H34ClN3O3. The molecule has 2 aliphatic rings. The standard InChI is InChI=1S/C22H33N3O3.ClH/c1-5-16-7-9-17(10-8-16)19(26)24-11-13-25(14-12-24)20(27)22(23)15-18(28-6-2)21(22,3)4;/h7-10,18H,5-6,11-15,23H2,1-4H3;1H. The van der Waals surface area contributed by atoms with Crippen LogP contribution < -0.4 is 5.73 Å². The maximum Gasteiger partial charge on any atom is 0.253 e. The lowest BCUT2D eigenvalue weighted by Crippen LogP contribution is -2.76.